The van der Waals surface area contributed by atoms with Crippen molar-refractivity contribution < 1.29 is 13.9 Å². The van der Waals surface area contributed by atoms with Crippen molar-refractivity contribution in [2.75, 3.05) is 13.2 Å². The minimum absolute atomic E-state index is 0.294. The van der Waals surface area contributed by atoms with Gasteiger partial charge in [-0.2, -0.15) is 0 Å². The molecule has 0 fully saturated rings. The first-order valence-electron chi connectivity index (χ1n) is 5.33. The molecule has 3 nitrogen and oxygen atoms in total. The summed E-state index contributed by atoms with van der Waals surface area (Å²) in [4.78, 5) is 13.0. The monoisotopic (exact) mass is 225 g/mol. The molecule has 0 aromatic heterocycles. The molecular formula is C12H16FNO2. The third kappa shape index (κ3) is 3.53. The smallest absolute Gasteiger partial charge is 0.410 e. The summed E-state index contributed by atoms with van der Waals surface area (Å²) in [6.07, 6.45) is -0.366. The van der Waals surface area contributed by atoms with Gasteiger partial charge in [0.1, 0.15) is 5.82 Å². The predicted octanol–water partition coefficient (Wildman–Crippen LogP) is 2.80. The topological polar surface area (TPSA) is 29.5 Å². The van der Waals surface area contributed by atoms with Crippen LogP contribution >= 0.6 is 0 Å². The molecule has 0 saturated heterocycles. The first kappa shape index (κ1) is 12.5. The average molecular weight is 225 g/mol. The highest BCUT2D eigenvalue weighted by atomic mass is 19.1. The third-order valence-electron chi connectivity index (χ3n) is 2.17. The van der Waals surface area contributed by atoms with Crippen molar-refractivity contribution in [1.82, 2.24) is 4.90 Å². The number of carbonyl (C=O) groups is 1. The maximum absolute atomic E-state index is 12.9. The maximum Gasteiger partial charge on any atom is 0.410 e. The second kappa shape index (κ2) is 6.10. The number of amides is 1. The summed E-state index contributed by atoms with van der Waals surface area (Å²) in [5.74, 6) is -0.294. The summed E-state index contributed by atoms with van der Waals surface area (Å²) in [6.45, 7) is 4.87. The highest BCUT2D eigenvalue weighted by Gasteiger charge is 2.12. The molecule has 0 heterocycles. The molecule has 0 aliphatic carbocycles. The van der Waals surface area contributed by atoms with Gasteiger partial charge in [0.05, 0.1) is 6.61 Å². The van der Waals surface area contributed by atoms with E-state index in [4.69, 9.17) is 4.74 Å². The van der Waals surface area contributed by atoms with Gasteiger partial charge in [-0.05, 0) is 31.5 Å². The van der Waals surface area contributed by atoms with E-state index in [1.54, 1.807) is 19.1 Å². The van der Waals surface area contributed by atoms with Gasteiger partial charge in [0, 0.05) is 13.1 Å². The van der Waals surface area contributed by atoms with Crippen LogP contribution in [0.15, 0.2) is 24.3 Å². The Bertz CT molecular complexity index is 355. The van der Waals surface area contributed by atoms with Gasteiger partial charge in [0.25, 0.3) is 0 Å². The standard InChI is InChI=1S/C12H16FNO2/c1-3-14(12(15)16-4-2)9-10-6-5-7-11(13)8-10/h5-8H,3-4,9H2,1-2H3. The molecule has 1 rings (SSSR count). The van der Waals surface area contributed by atoms with Gasteiger partial charge in [-0.1, -0.05) is 12.1 Å². The molecule has 0 atom stereocenters. The van der Waals surface area contributed by atoms with Crippen molar-refractivity contribution in [3.05, 3.63) is 35.6 Å². The van der Waals surface area contributed by atoms with Crippen LogP contribution in [-0.4, -0.2) is 24.1 Å². The largest absolute Gasteiger partial charge is 0.450 e. The fraction of sp³-hybridized carbons (Fsp3) is 0.417. The van der Waals surface area contributed by atoms with Crippen molar-refractivity contribution in [3.8, 4) is 0 Å². The number of carbonyl (C=O) groups excluding carboxylic acids is 1. The van der Waals surface area contributed by atoms with Crippen molar-refractivity contribution >= 4 is 6.09 Å². The Hall–Kier alpha value is -1.58. The van der Waals surface area contributed by atoms with E-state index >= 15 is 0 Å². The predicted molar refractivity (Wildman–Crippen MR) is 59.5 cm³/mol. The van der Waals surface area contributed by atoms with E-state index in [1.165, 1.54) is 17.0 Å². The van der Waals surface area contributed by atoms with Crippen molar-refractivity contribution in [3.63, 3.8) is 0 Å². The van der Waals surface area contributed by atoms with Gasteiger partial charge in [-0.15, -0.1) is 0 Å². The number of hydrogen-bond acceptors (Lipinski definition) is 2. The van der Waals surface area contributed by atoms with E-state index < -0.39 is 0 Å². The van der Waals surface area contributed by atoms with Crippen molar-refractivity contribution in [1.29, 1.82) is 0 Å². The van der Waals surface area contributed by atoms with E-state index in [2.05, 4.69) is 0 Å². The summed E-state index contributed by atoms with van der Waals surface area (Å²) >= 11 is 0. The molecule has 0 spiro atoms. The molecule has 0 bridgehead atoms. The molecular weight excluding hydrogens is 209 g/mol. The lowest BCUT2D eigenvalue weighted by atomic mass is 10.2. The molecule has 0 aliphatic heterocycles. The number of hydrogen-bond donors (Lipinski definition) is 0. The molecule has 0 unspecified atom stereocenters. The average Bonchev–Trinajstić information content (AvgIpc) is 2.26. The fourth-order valence-corrected chi connectivity index (χ4v) is 1.38. The second-order valence-electron chi connectivity index (χ2n) is 3.34. The molecule has 1 aromatic carbocycles. The summed E-state index contributed by atoms with van der Waals surface area (Å²) < 4.78 is 17.8. The number of halogens is 1. The van der Waals surface area contributed by atoms with Crippen LogP contribution in [0.5, 0.6) is 0 Å². The summed E-state index contributed by atoms with van der Waals surface area (Å²) in [6, 6.07) is 6.21. The molecule has 0 N–H and O–H groups in total. The van der Waals surface area contributed by atoms with E-state index in [0.29, 0.717) is 19.7 Å². The fourth-order valence-electron chi connectivity index (χ4n) is 1.38. The Balaban J connectivity index is 2.66. The number of nitrogens with zero attached hydrogens (tertiary/aromatic N) is 1. The van der Waals surface area contributed by atoms with Gasteiger partial charge in [0.2, 0.25) is 0 Å². The van der Waals surface area contributed by atoms with E-state index in [0.717, 1.165) is 5.56 Å². The van der Waals surface area contributed by atoms with Crippen LogP contribution in [0.4, 0.5) is 9.18 Å². The molecule has 88 valence electrons. The third-order valence-corrected chi connectivity index (χ3v) is 2.17. The minimum Gasteiger partial charge on any atom is -0.450 e. The van der Waals surface area contributed by atoms with Gasteiger partial charge >= 0.3 is 6.09 Å². The zero-order valence-corrected chi connectivity index (χ0v) is 9.57. The van der Waals surface area contributed by atoms with Gasteiger partial charge in [0.15, 0.2) is 0 Å². The SMILES string of the molecule is CCOC(=O)N(CC)Cc1cccc(F)c1. The summed E-state index contributed by atoms with van der Waals surface area (Å²) in [5.41, 5.74) is 0.759. The van der Waals surface area contributed by atoms with Gasteiger partial charge in [-0.3, -0.25) is 0 Å². The van der Waals surface area contributed by atoms with Crippen LogP contribution in [0, 0.1) is 5.82 Å². The van der Waals surface area contributed by atoms with E-state index in [9.17, 15) is 9.18 Å². The maximum atomic E-state index is 12.9. The van der Waals surface area contributed by atoms with E-state index in [-0.39, 0.29) is 11.9 Å². The normalized spacial score (nSPS) is 9.94. The van der Waals surface area contributed by atoms with Crippen LogP contribution in [0.2, 0.25) is 0 Å². The molecule has 0 radical (unpaired) electrons. The van der Waals surface area contributed by atoms with Crippen LogP contribution in [-0.2, 0) is 11.3 Å². The lowest BCUT2D eigenvalue weighted by Crippen LogP contribution is -2.30. The van der Waals surface area contributed by atoms with Crippen LogP contribution in [0.1, 0.15) is 19.4 Å². The Morgan fingerprint density at radius 1 is 1.44 bits per heavy atom. The first-order chi connectivity index (χ1) is 7.67. The van der Waals surface area contributed by atoms with Gasteiger partial charge < -0.3 is 9.64 Å². The Kier molecular flexibility index (Phi) is 4.76. The zero-order chi connectivity index (χ0) is 12.0. The second-order valence-corrected chi connectivity index (χ2v) is 3.34. The van der Waals surface area contributed by atoms with Crippen molar-refractivity contribution in [2.24, 2.45) is 0 Å². The summed E-state index contributed by atoms with van der Waals surface area (Å²) in [5, 5.41) is 0. The molecule has 4 heteroatoms. The van der Waals surface area contributed by atoms with Crippen LogP contribution in [0.3, 0.4) is 0 Å². The lowest BCUT2D eigenvalue weighted by Gasteiger charge is -2.19. The highest BCUT2D eigenvalue weighted by Crippen LogP contribution is 2.08. The first-order valence-corrected chi connectivity index (χ1v) is 5.33. The van der Waals surface area contributed by atoms with Crippen LogP contribution in [0.25, 0.3) is 0 Å². The quantitative estimate of drug-likeness (QED) is 0.788. The molecule has 0 aliphatic rings. The molecule has 1 aromatic rings. The zero-order valence-electron chi connectivity index (χ0n) is 9.57. The van der Waals surface area contributed by atoms with Crippen LogP contribution < -0.4 is 0 Å². The lowest BCUT2D eigenvalue weighted by molar-refractivity contribution is 0.106. The minimum atomic E-state index is -0.366. The number of ether oxygens (including phenoxy) is 1. The van der Waals surface area contributed by atoms with E-state index in [1.807, 2.05) is 6.92 Å². The number of benzene rings is 1. The van der Waals surface area contributed by atoms with Gasteiger partial charge in [-0.25, -0.2) is 9.18 Å². The summed E-state index contributed by atoms with van der Waals surface area (Å²) in [7, 11) is 0. The Morgan fingerprint density at radius 3 is 2.75 bits per heavy atom. The molecule has 0 saturated carbocycles. The Morgan fingerprint density at radius 2 is 2.19 bits per heavy atom. The highest BCUT2D eigenvalue weighted by molar-refractivity contribution is 5.67. The van der Waals surface area contributed by atoms with Crippen molar-refractivity contribution in [2.45, 2.75) is 20.4 Å². The molecule has 1 amide bonds. The Labute approximate surface area is 94.8 Å². The molecule has 16 heavy (non-hydrogen) atoms. The number of rotatable bonds is 4.